The number of pyridine rings is 1. The summed E-state index contributed by atoms with van der Waals surface area (Å²) in [7, 11) is 0. The lowest BCUT2D eigenvalue weighted by Crippen LogP contribution is -2.28. The SMILES string of the molecule is O=c1c2ccccc2c2cc(-c3ccc(-n4c5ccccc5c5cc6c(cc54)-c4ccccc4C6(c4ccccc4)c4ccccc4)cc3)cc3c4ccccc4n1c23. The van der Waals surface area contributed by atoms with E-state index in [2.05, 4.69) is 187 Å². The number of hydrogen-bond donors (Lipinski definition) is 0. The van der Waals surface area contributed by atoms with Crippen LogP contribution in [-0.4, -0.2) is 8.97 Å². The molecule has 0 unspecified atom stereocenters. The van der Waals surface area contributed by atoms with Gasteiger partial charge in [0.05, 0.1) is 27.5 Å². The van der Waals surface area contributed by atoms with E-state index in [1.807, 2.05) is 28.7 Å². The molecule has 3 aromatic heterocycles. The molecule has 0 radical (unpaired) electrons. The fourth-order valence-corrected chi connectivity index (χ4v) is 10.7. The Morgan fingerprint density at radius 3 is 1.63 bits per heavy atom. The van der Waals surface area contributed by atoms with Crippen molar-refractivity contribution in [3.05, 3.63) is 239 Å². The minimum Gasteiger partial charge on any atom is -0.309 e. The topological polar surface area (TPSA) is 26.4 Å². The highest BCUT2D eigenvalue weighted by Crippen LogP contribution is 2.57. The van der Waals surface area contributed by atoms with Crippen LogP contribution < -0.4 is 5.56 Å². The van der Waals surface area contributed by atoms with Crippen LogP contribution in [-0.2, 0) is 5.41 Å². The van der Waals surface area contributed by atoms with Gasteiger partial charge in [0.1, 0.15) is 0 Å². The summed E-state index contributed by atoms with van der Waals surface area (Å²) in [4.78, 5) is 13.9. The molecule has 1 aliphatic carbocycles. The lowest BCUT2D eigenvalue weighted by molar-refractivity contribution is 0.769. The Morgan fingerprint density at radius 1 is 0.356 bits per heavy atom. The summed E-state index contributed by atoms with van der Waals surface area (Å²) in [6.45, 7) is 0. The minimum absolute atomic E-state index is 0.0301. The zero-order valence-corrected chi connectivity index (χ0v) is 31.9. The Morgan fingerprint density at radius 2 is 0.915 bits per heavy atom. The maximum atomic E-state index is 13.9. The molecule has 0 N–H and O–H groups in total. The normalized spacial score (nSPS) is 13.3. The molecule has 0 aliphatic heterocycles. The zero-order chi connectivity index (χ0) is 38.8. The molecule has 1 aliphatic rings. The van der Waals surface area contributed by atoms with Gasteiger partial charge in [-0.25, -0.2) is 0 Å². The van der Waals surface area contributed by atoms with Gasteiger partial charge in [-0.15, -0.1) is 0 Å². The maximum Gasteiger partial charge on any atom is 0.263 e. The Hall–Kier alpha value is -7.75. The van der Waals surface area contributed by atoms with Crippen LogP contribution in [0.15, 0.2) is 211 Å². The molecule has 0 amide bonds. The number of aromatic nitrogens is 2. The van der Waals surface area contributed by atoms with E-state index < -0.39 is 5.41 Å². The second-order valence-electron chi connectivity index (χ2n) is 16.0. The monoisotopic (exact) mass is 750 g/mol. The lowest BCUT2D eigenvalue weighted by Gasteiger charge is -2.33. The third-order valence-electron chi connectivity index (χ3n) is 13.1. The molecule has 274 valence electrons. The number of para-hydroxylation sites is 2. The van der Waals surface area contributed by atoms with Gasteiger partial charge < -0.3 is 4.57 Å². The molecule has 3 heteroatoms. The van der Waals surface area contributed by atoms with E-state index in [-0.39, 0.29) is 5.56 Å². The van der Waals surface area contributed by atoms with E-state index in [0.29, 0.717) is 0 Å². The predicted octanol–water partition coefficient (Wildman–Crippen LogP) is 13.3. The lowest BCUT2D eigenvalue weighted by atomic mass is 9.67. The van der Waals surface area contributed by atoms with Crippen LogP contribution >= 0.6 is 0 Å². The van der Waals surface area contributed by atoms with Crippen LogP contribution in [0.1, 0.15) is 22.3 Å². The Balaban J connectivity index is 1.04. The van der Waals surface area contributed by atoms with E-state index in [1.54, 1.807) is 0 Å². The van der Waals surface area contributed by atoms with Crippen molar-refractivity contribution < 1.29 is 0 Å². The maximum absolute atomic E-state index is 13.9. The average Bonchev–Trinajstić information content (AvgIpc) is 3.92. The second kappa shape index (κ2) is 11.9. The second-order valence-corrected chi connectivity index (χ2v) is 16.0. The highest BCUT2D eigenvalue weighted by Gasteiger charge is 2.46. The van der Waals surface area contributed by atoms with Crippen LogP contribution in [0.5, 0.6) is 0 Å². The van der Waals surface area contributed by atoms with Crippen molar-refractivity contribution in [3.63, 3.8) is 0 Å². The van der Waals surface area contributed by atoms with Gasteiger partial charge >= 0.3 is 0 Å². The van der Waals surface area contributed by atoms with Gasteiger partial charge in [-0.2, -0.15) is 0 Å². The molecule has 0 saturated heterocycles. The Bertz CT molecular complexity index is 3690. The van der Waals surface area contributed by atoms with Crippen LogP contribution in [0, 0.1) is 0 Å². The summed E-state index contributed by atoms with van der Waals surface area (Å²) in [6, 6.07) is 74.6. The number of nitrogens with zero attached hydrogens (tertiary/aromatic N) is 2. The average molecular weight is 751 g/mol. The summed E-state index contributed by atoms with van der Waals surface area (Å²) in [5, 5.41) is 7.47. The van der Waals surface area contributed by atoms with Gasteiger partial charge in [0.2, 0.25) is 0 Å². The quantitative estimate of drug-likeness (QED) is 0.165. The predicted molar refractivity (Wildman–Crippen MR) is 244 cm³/mol. The molecule has 0 spiro atoms. The zero-order valence-electron chi connectivity index (χ0n) is 31.9. The van der Waals surface area contributed by atoms with Crippen molar-refractivity contribution >= 4 is 59.8 Å². The first kappa shape index (κ1) is 32.3. The molecular formula is C56H34N2O. The number of benzene rings is 9. The Labute approximate surface area is 339 Å². The van der Waals surface area contributed by atoms with Crippen LogP contribution in [0.25, 0.3) is 87.7 Å². The Kier molecular flexibility index (Phi) is 6.52. The fourth-order valence-electron chi connectivity index (χ4n) is 10.7. The molecule has 0 fully saturated rings. The molecular weight excluding hydrogens is 717 g/mol. The van der Waals surface area contributed by atoms with Crippen molar-refractivity contribution in [1.29, 1.82) is 0 Å². The standard InChI is InChI=1S/C56H34N2O/c59-55-44-23-8-7-19-40(44)47-31-36(32-48-43-22-11-14-26-52(43)58(55)54(47)48)35-27-29-39(30-28-35)57-51-25-13-10-21-42(51)46-33-50-45(34-53(46)57)41-20-9-12-24-49(41)56(50,37-15-3-1-4-16-37)38-17-5-2-6-18-38/h1-34H. The summed E-state index contributed by atoms with van der Waals surface area (Å²) in [5.41, 5.74) is 14.9. The first-order valence-corrected chi connectivity index (χ1v) is 20.3. The summed E-state index contributed by atoms with van der Waals surface area (Å²) in [5.74, 6) is 0. The van der Waals surface area contributed by atoms with Gasteiger partial charge in [0, 0.05) is 38.0 Å². The van der Waals surface area contributed by atoms with Gasteiger partial charge in [-0.05, 0) is 104 Å². The van der Waals surface area contributed by atoms with Crippen molar-refractivity contribution in [3.8, 4) is 27.9 Å². The molecule has 0 saturated carbocycles. The largest absolute Gasteiger partial charge is 0.309 e. The summed E-state index contributed by atoms with van der Waals surface area (Å²) >= 11 is 0. The van der Waals surface area contributed by atoms with Crippen molar-refractivity contribution in [2.24, 2.45) is 0 Å². The van der Waals surface area contributed by atoms with Gasteiger partial charge in [-0.1, -0.05) is 152 Å². The molecule has 3 heterocycles. The van der Waals surface area contributed by atoms with Gasteiger partial charge in [0.25, 0.3) is 5.56 Å². The van der Waals surface area contributed by atoms with E-state index in [0.717, 1.165) is 54.8 Å². The fraction of sp³-hybridized carbons (Fsp3) is 0.0179. The number of hydrogen-bond acceptors (Lipinski definition) is 1. The molecule has 12 aromatic rings. The first-order chi connectivity index (χ1) is 29.2. The van der Waals surface area contributed by atoms with Gasteiger partial charge in [0.15, 0.2) is 0 Å². The molecule has 13 rings (SSSR count). The van der Waals surface area contributed by atoms with E-state index in [1.165, 1.54) is 55.2 Å². The highest BCUT2D eigenvalue weighted by atomic mass is 16.1. The van der Waals surface area contributed by atoms with Crippen LogP contribution in [0.2, 0.25) is 0 Å². The van der Waals surface area contributed by atoms with Gasteiger partial charge in [-0.3, -0.25) is 9.20 Å². The van der Waals surface area contributed by atoms with E-state index in [9.17, 15) is 4.79 Å². The third-order valence-corrected chi connectivity index (χ3v) is 13.1. The van der Waals surface area contributed by atoms with Crippen molar-refractivity contribution in [2.45, 2.75) is 5.41 Å². The molecule has 0 atom stereocenters. The first-order valence-electron chi connectivity index (χ1n) is 20.3. The molecule has 9 aromatic carbocycles. The van der Waals surface area contributed by atoms with E-state index in [4.69, 9.17) is 0 Å². The van der Waals surface area contributed by atoms with Crippen LogP contribution in [0.4, 0.5) is 0 Å². The number of rotatable bonds is 4. The van der Waals surface area contributed by atoms with Crippen molar-refractivity contribution in [2.75, 3.05) is 0 Å². The molecule has 59 heavy (non-hydrogen) atoms. The molecule has 3 nitrogen and oxygen atoms in total. The highest BCUT2D eigenvalue weighted by molar-refractivity contribution is 6.21. The molecule has 0 bridgehead atoms. The third kappa shape index (κ3) is 4.23. The number of fused-ring (bicyclic) bond motifs is 11. The van der Waals surface area contributed by atoms with Crippen molar-refractivity contribution in [1.82, 2.24) is 8.97 Å². The van der Waals surface area contributed by atoms with Crippen LogP contribution in [0.3, 0.4) is 0 Å². The summed E-state index contributed by atoms with van der Waals surface area (Å²) < 4.78 is 4.35. The summed E-state index contributed by atoms with van der Waals surface area (Å²) in [6.07, 6.45) is 0. The minimum atomic E-state index is -0.464. The van der Waals surface area contributed by atoms with E-state index >= 15 is 0 Å². The smallest absolute Gasteiger partial charge is 0.263 e.